The lowest BCUT2D eigenvalue weighted by Crippen LogP contribution is -2.13. The van der Waals surface area contributed by atoms with Crippen molar-refractivity contribution in [1.29, 1.82) is 0 Å². The van der Waals surface area contributed by atoms with E-state index < -0.39 is 0 Å². The van der Waals surface area contributed by atoms with Gasteiger partial charge in [0.15, 0.2) is 5.01 Å². The minimum absolute atomic E-state index is 0.305. The Balaban J connectivity index is 2.15. The van der Waals surface area contributed by atoms with Crippen LogP contribution in [0.2, 0.25) is 0 Å². The van der Waals surface area contributed by atoms with E-state index in [0.29, 0.717) is 24.5 Å². The van der Waals surface area contributed by atoms with E-state index in [-0.39, 0.29) is 0 Å². The molecule has 0 bridgehead atoms. The number of hydrogen-bond donors (Lipinski definition) is 0. The minimum atomic E-state index is 0.305. The van der Waals surface area contributed by atoms with Gasteiger partial charge in [-0.25, -0.2) is 9.98 Å². The van der Waals surface area contributed by atoms with Crippen LogP contribution < -0.4 is 0 Å². The van der Waals surface area contributed by atoms with Gasteiger partial charge in [-0.15, -0.1) is 11.3 Å². The van der Waals surface area contributed by atoms with Crippen LogP contribution in [0.25, 0.3) is 0 Å². The molecule has 0 N–H and O–H groups in total. The molecular weight excluding hydrogens is 184 g/mol. The SMILES string of the molecule is CC(C)[C@H]1COC(c2nccs2)=N1. The summed E-state index contributed by atoms with van der Waals surface area (Å²) in [5.74, 6) is 1.26. The van der Waals surface area contributed by atoms with Crippen molar-refractivity contribution in [2.75, 3.05) is 6.61 Å². The predicted octanol–water partition coefficient (Wildman–Crippen LogP) is 1.94. The Morgan fingerprint density at radius 3 is 3.00 bits per heavy atom. The van der Waals surface area contributed by atoms with Gasteiger partial charge in [-0.2, -0.15) is 0 Å². The maximum atomic E-state index is 5.47. The molecule has 0 radical (unpaired) electrons. The number of thiazole rings is 1. The summed E-state index contributed by atoms with van der Waals surface area (Å²) in [7, 11) is 0. The van der Waals surface area contributed by atoms with Gasteiger partial charge in [0.2, 0.25) is 5.90 Å². The van der Waals surface area contributed by atoms with E-state index in [1.807, 2.05) is 5.38 Å². The van der Waals surface area contributed by atoms with E-state index in [1.165, 1.54) is 0 Å². The highest BCUT2D eigenvalue weighted by molar-refractivity contribution is 7.11. The van der Waals surface area contributed by atoms with Gasteiger partial charge in [0.05, 0.1) is 6.04 Å². The van der Waals surface area contributed by atoms with Crippen molar-refractivity contribution >= 4 is 17.2 Å². The molecule has 1 aromatic heterocycles. The fourth-order valence-electron chi connectivity index (χ4n) is 1.18. The normalized spacial score (nSPS) is 21.8. The highest BCUT2D eigenvalue weighted by Crippen LogP contribution is 2.18. The molecule has 0 amide bonds. The number of aromatic nitrogens is 1. The predicted molar refractivity (Wildman–Crippen MR) is 53.2 cm³/mol. The molecule has 1 aliphatic heterocycles. The zero-order valence-electron chi connectivity index (χ0n) is 7.73. The molecule has 0 unspecified atom stereocenters. The molecule has 0 aromatic carbocycles. The highest BCUT2D eigenvalue weighted by atomic mass is 32.1. The molecule has 1 atom stereocenters. The summed E-state index contributed by atoms with van der Waals surface area (Å²) in [6.45, 7) is 5.01. The molecule has 0 aliphatic carbocycles. The average molecular weight is 196 g/mol. The minimum Gasteiger partial charge on any atom is -0.473 e. The van der Waals surface area contributed by atoms with Crippen LogP contribution in [0.5, 0.6) is 0 Å². The maximum Gasteiger partial charge on any atom is 0.246 e. The summed E-state index contributed by atoms with van der Waals surface area (Å²) in [6.07, 6.45) is 1.77. The molecule has 0 saturated heterocycles. The standard InChI is InChI=1S/C9H12N2OS/c1-6(2)7-5-12-8(11-7)9-10-3-4-13-9/h3-4,6-7H,5H2,1-2H3/t7-/m1/s1. The molecule has 13 heavy (non-hydrogen) atoms. The van der Waals surface area contributed by atoms with Crippen LogP contribution in [0.15, 0.2) is 16.6 Å². The van der Waals surface area contributed by atoms with E-state index >= 15 is 0 Å². The third-order valence-electron chi connectivity index (χ3n) is 2.06. The van der Waals surface area contributed by atoms with E-state index in [4.69, 9.17) is 4.74 Å². The second kappa shape index (κ2) is 3.46. The second-order valence-corrected chi connectivity index (χ2v) is 4.29. The van der Waals surface area contributed by atoms with Crippen molar-refractivity contribution in [2.24, 2.45) is 10.9 Å². The topological polar surface area (TPSA) is 34.5 Å². The third-order valence-corrected chi connectivity index (χ3v) is 2.82. The summed E-state index contributed by atoms with van der Waals surface area (Å²) < 4.78 is 5.47. The van der Waals surface area contributed by atoms with E-state index in [2.05, 4.69) is 23.8 Å². The van der Waals surface area contributed by atoms with Crippen molar-refractivity contribution in [3.8, 4) is 0 Å². The number of nitrogens with zero attached hydrogens (tertiary/aromatic N) is 2. The molecule has 0 saturated carbocycles. The lowest BCUT2D eigenvalue weighted by atomic mass is 10.1. The number of ether oxygens (including phenoxy) is 1. The largest absolute Gasteiger partial charge is 0.473 e. The van der Waals surface area contributed by atoms with Crippen LogP contribution >= 0.6 is 11.3 Å². The van der Waals surface area contributed by atoms with Crippen LogP contribution in [0.4, 0.5) is 0 Å². The van der Waals surface area contributed by atoms with Gasteiger partial charge in [-0.3, -0.25) is 0 Å². The molecule has 3 nitrogen and oxygen atoms in total. The summed E-state index contributed by atoms with van der Waals surface area (Å²) in [4.78, 5) is 8.63. The quantitative estimate of drug-likeness (QED) is 0.724. The Morgan fingerprint density at radius 2 is 2.46 bits per heavy atom. The van der Waals surface area contributed by atoms with Crippen LogP contribution in [0.1, 0.15) is 18.9 Å². The third kappa shape index (κ3) is 1.72. The van der Waals surface area contributed by atoms with E-state index in [0.717, 1.165) is 5.01 Å². The van der Waals surface area contributed by atoms with Crippen LogP contribution in [0, 0.1) is 5.92 Å². The fraction of sp³-hybridized carbons (Fsp3) is 0.556. The van der Waals surface area contributed by atoms with Gasteiger partial charge in [0.25, 0.3) is 0 Å². The first-order valence-electron chi connectivity index (χ1n) is 4.38. The molecule has 2 heterocycles. The summed E-state index contributed by atoms with van der Waals surface area (Å²) in [6, 6.07) is 0.305. The van der Waals surface area contributed by atoms with Gasteiger partial charge in [-0.1, -0.05) is 13.8 Å². The highest BCUT2D eigenvalue weighted by Gasteiger charge is 2.23. The Morgan fingerprint density at radius 1 is 1.62 bits per heavy atom. The maximum absolute atomic E-state index is 5.47. The Kier molecular flexibility index (Phi) is 2.31. The zero-order chi connectivity index (χ0) is 9.26. The Bertz CT molecular complexity index is 305. The van der Waals surface area contributed by atoms with Crippen LogP contribution in [-0.4, -0.2) is 23.5 Å². The molecule has 70 valence electrons. The van der Waals surface area contributed by atoms with Crippen molar-refractivity contribution in [2.45, 2.75) is 19.9 Å². The molecule has 1 aromatic rings. The average Bonchev–Trinajstić information content (AvgIpc) is 2.75. The zero-order valence-corrected chi connectivity index (χ0v) is 8.54. The number of hydrogen-bond acceptors (Lipinski definition) is 4. The molecular formula is C9H12N2OS. The first-order chi connectivity index (χ1) is 6.27. The smallest absolute Gasteiger partial charge is 0.246 e. The summed E-state index contributed by atoms with van der Waals surface area (Å²) in [5, 5.41) is 2.83. The van der Waals surface area contributed by atoms with Gasteiger partial charge in [0.1, 0.15) is 6.61 Å². The molecule has 0 fully saturated rings. The van der Waals surface area contributed by atoms with E-state index in [9.17, 15) is 0 Å². The van der Waals surface area contributed by atoms with Crippen molar-refractivity contribution in [1.82, 2.24) is 4.98 Å². The Hall–Kier alpha value is -0.900. The Labute approximate surface area is 81.5 Å². The molecule has 4 heteroatoms. The fourth-order valence-corrected chi connectivity index (χ4v) is 1.76. The van der Waals surface area contributed by atoms with E-state index in [1.54, 1.807) is 17.5 Å². The molecule has 1 aliphatic rings. The van der Waals surface area contributed by atoms with Crippen LogP contribution in [0.3, 0.4) is 0 Å². The monoisotopic (exact) mass is 196 g/mol. The van der Waals surface area contributed by atoms with Crippen molar-refractivity contribution in [3.05, 3.63) is 16.6 Å². The van der Waals surface area contributed by atoms with Crippen molar-refractivity contribution in [3.63, 3.8) is 0 Å². The number of rotatable bonds is 2. The summed E-state index contributed by atoms with van der Waals surface area (Å²) in [5.41, 5.74) is 0. The van der Waals surface area contributed by atoms with Crippen LogP contribution in [-0.2, 0) is 4.74 Å². The summed E-state index contributed by atoms with van der Waals surface area (Å²) >= 11 is 1.57. The lowest BCUT2D eigenvalue weighted by Gasteiger charge is -2.06. The first kappa shape index (κ1) is 8.69. The van der Waals surface area contributed by atoms with Gasteiger partial charge in [-0.05, 0) is 5.92 Å². The van der Waals surface area contributed by atoms with Gasteiger partial charge >= 0.3 is 0 Å². The van der Waals surface area contributed by atoms with Gasteiger partial charge < -0.3 is 4.74 Å². The molecule has 2 rings (SSSR count). The lowest BCUT2D eigenvalue weighted by molar-refractivity contribution is 0.292. The molecule has 0 spiro atoms. The number of aliphatic imine (C=N–C) groups is 1. The second-order valence-electron chi connectivity index (χ2n) is 3.39. The van der Waals surface area contributed by atoms with Crippen molar-refractivity contribution < 1.29 is 4.74 Å². The van der Waals surface area contributed by atoms with Gasteiger partial charge in [0, 0.05) is 11.6 Å². The first-order valence-corrected chi connectivity index (χ1v) is 5.26.